The monoisotopic (exact) mass is 259 g/mol. The number of halogens is 1. The van der Waals surface area contributed by atoms with Crippen molar-refractivity contribution < 1.29 is 8.91 Å². The summed E-state index contributed by atoms with van der Waals surface area (Å²) in [6.07, 6.45) is 1.11. The van der Waals surface area contributed by atoms with E-state index in [4.69, 9.17) is 9.78 Å². The van der Waals surface area contributed by atoms with Gasteiger partial charge >= 0.3 is 0 Å². The molecule has 0 N–H and O–H groups in total. The van der Waals surface area contributed by atoms with Gasteiger partial charge in [0.05, 0.1) is 6.07 Å². The number of hydrogen-bond donors (Lipinski definition) is 0. The molecule has 0 radical (unpaired) electrons. The standard InChI is InChI=1S/C14H14FN3O/c1-9-5-6-11(15)8-12(9)13-17-14(19-18-13)10(2)4-3-7-16/h5-6,8,10H,3-4H2,1-2H3. The van der Waals surface area contributed by atoms with E-state index in [2.05, 4.69) is 16.2 Å². The number of nitriles is 1. The van der Waals surface area contributed by atoms with Gasteiger partial charge in [-0.25, -0.2) is 4.39 Å². The van der Waals surface area contributed by atoms with Crippen LogP contribution in [0.5, 0.6) is 0 Å². The molecule has 0 spiro atoms. The molecule has 2 aromatic rings. The van der Waals surface area contributed by atoms with Crippen LogP contribution in [0.2, 0.25) is 0 Å². The average Bonchev–Trinajstić information content (AvgIpc) is 2.88. The number of nitrogens with zero attached hydrogens (tertiary/aromatic N) is 3. The van der Waals surface area contributed by atoms with Gasteiger partial charge in [-0.05, 0) is 31.0 Å². The van der Waals surface area contributed by atoms with Gasteiger partial charge in [0.25, 0.3) is 0 Å². The van der Waals surface area contributed by atoms with Crippen LogP contribution in [0.15, 0.2) is 22.7 Å². The van der Waals surface area contributed by atoms with E-state index in [1.54, 1.807) is 6.07 Å². The Hall–Kier alpha value is -2.22. The zero-order valence-electron chi connectivity index (χ0n) is 10.9. The molecule has 19 heavy (non-hydrogen) atoms. The first-order chi connectivity index (χ1) is 9.11. The minimum Gasteiger partial charge on any atom is -0.339 e. The van der Waals surface area contributed by atoms with Crippen LogP contribution in [0.4, 0.5) is 4.39 Å². The molecule has 1 aromatic carbocycles. The van der Waals surface area contributed by atoms with E-state index in [1.165, 1.54) is 12.1 Å². The lowest BCUT2D eigenvalue weighted by molar-refractivity contribution is 0.355. The maximum Gasteiger partial charge on any atom is 0.229 e. The number of aromatic nitrogens is 2. The van der Waals surface area contributed by atoms with Crippen LogP contribution in [-0.2, 0) is 0 Å². The van der Waals surface area contributed by atoms with Crippen LogP contribution in [0.25, 0.3) is 11.4 Å². The molecule has 2 rings (SSSR count). The molecule has 0 bridgehead atoms. The molecule has 5 heteroatoms. The van der Waals surface area contributed by atoms with E-state index >= 15 is 0 Å². The van der Waals surface area contributed by atoms with Crippen molar-refractivity contribution in [3.8, 4) is 17.5 Å². The normalized spacial score (nSPS) is 12.1. The highest BCUT2D eigenvalue weighted by Crippen LogP contribution is 2.25. The highest BCUT2D eigenvalue weighted by molar-refractivity contribution is 5.59. The summed E-state index contributed by atoms with van der Waals surface area (Å²) < 4.78 is 18.4. The number of aryl methyl sites for hydroxylation is 1. The highest BCUT2D eigenvalue weighted by Gasteiger charge is 2.16. The predicted molar refractivity (Wildman–Crippen MR) is 67.7 cm³/mol. The largest absolute Gasteiger partial charge is 0.339 e. The van der Waals surface area contributed by atoms with Crippen LogP contribution in [0.1, 0.15) is 37.1 Å². The third kappa shape index (κ3) is 2.97. The Morgan fingerprint density at radius 3 is 3.00 bits per heavy atom. The molecular weight excluding hydrogens is 245 g/mol. The van der Waals surface area contributed by atoms with Crippen molar-refractivity contribution in [3.63, 3.8) is 0 Å². The molecule has 0 amide bonds. The topological polar surface area (TPSA) is 62.7 Å². The zero-order valence-corrected chi connectivity index (χ0v) is 10.9. The lowest BCUT2D eigenvalue weighted by Gasteiger charge is -2.01. The molecule has 0 aliphatic heterocycles. The predicted octanol–water partition coefficient (Wildman–Crippen LogP) is 3.59. The summed E-state index contributed by atoms with van der Waals surface area (Å²) >= 11 is 0. The Bertz CT molecular complexity index is 615. The van der Waals surface area contributed by atoms with Crippen molar-refractivity contribution in [2.45, 2.75) is 32.6 Å². The van der Waals surface area contributed by atoms with Crippen molar-refractivity contribution in [3.05, 3.63) is 35.5 Å². The SMILES string of the molecule is Cc1ccc(F)cc1-c1noc(C(C)CCC#N)n1. The van der Waals surface area contributed by atoms with Gasteiger partial charge in [-0.2, -0.15) is 10.2 Å². The van der Waals surface area contributed by atoms with Gasteiger partial charge in [0.15, 0.2) is 0 Å². The zero-order chi connectivity index (χ0) is 13.8. The van der Waals surface area contributed by atoms with E-state index < -0.39 is 0 Å². The van der Waals surface area contributed by atoms with Crippen LogP contribution < -0.4 is 0 Å². The summed E-state index contributed by atoms with van der Waals surface area (Å²) in [5.74, 6) is 0.559. The quantitative estimate of drug-likeness (QED) is 0.841. The lowest BCUT2D eigenvalue weighted by atomic mass is 10.1. The molecular formula is C14H14FN3O. The van der Waals surface area contributed by atoms with Crippen LogP contribution in [0.3, 0.4) is 0 Å². The van der Waals surface area contributed by atoms with Gasteiger partial charge in [-0.1, -0.05) is 18.1 Å². The van der Waals surface area contributed by atoms with Gasteiger partial charge < -0.3 is 4.52 Å². The van der Waals surface area contributed by atoms with Crippen LogP contribution in [0, 0.1) is 24.1 Å². The Morgan fingerprint density at radius 2 is 2.26 bits per heavy atom. The van der Waals surface area contributed by atoms with E-state index in [9.17, 15) is 4.39 Å². The first kappa shape index (κ1) is 13.2. The van der Waals surface area contributed by atoms with Crippen molar-refractivity contribution >= 4 is 0 Å². The minimum atomic E-state index is -0.329. The molecule has 1 atom stereocenters. The van der Waals surface area contributed by atoms with Gasteiger partial charge in [0.1, 0.15) is 5.82 Å². The van der Waals surface area contributed by atoms with E-state index in [-0.39, 0.29) is 11.7 Å². The van der Waals surface area contributed by atoms with Gasteiger partial charge in [-0.3, -0.25) is 0 Å². The van der Waals surface area contributed by atoms with Crippen molar-refractivity contribution in [2.75, 3.05) is 0 Å². The molecule has 0 saturated carbocycles. The summed E-state index contributed by atoms with van der Waals surface area (Å²) in [5.41, 5.74) is 1.51. The van der Waals surface area contributed by atoms with Crippen molar-refractivity contribution in [2.24, 2.45) is 0 Å². The average molecular weight is 259 g/mol. The van der Waals surface area contributed by atoms with Gasteiger partial charge in [0, 0.05) is 17.9 Å². The summed E-state index contributed by atoms with van der Waals surface area (Å²) in [4.78, 5) is 4.28. The Kier molecular flexibility index (Phi) is 3.91. The second kappa shape index (κ2) is 5.61. The fourth-order valence-corrected chi connectivity index (χ4v) is 1.78. The van der Waals surface area contributed by atoms with E-state index in [0.29, 0.717) is 30.1 Å². The summed E-state index contributed by atoms with van der Waals surface area (Å²) in [7, 11) is 0. The van der Waals surface area contributed by atoms with Crippen molar-refractivity contribution in [1.82, 2.24) is 10.1 Å². The molecule has 1 heterocycles. The first-order valence-electron chi connectivity index (χ1n) is 6.09. The number of rotatable bonds is 4. The molecule has 0 aliphatic rings. The Balaban J connectivity index is 2.26. The van der Waals surface area contributed by atoms with Gasteiger partial charge in [0.2, 0.25) is 11.7 Å². The second-order valence-corrected chi connectivity index (χ2v) is 4.51. The lowest BCUT2D eigenvalue weighted by Crippen LogP contribution is -1.94. The molecule has 98 valence electrons. The third-order valence-electron chi connectivity index (χ3n) is 2.99. The van der Waals surface area contributed by atoms with E-state index in [1.807, 2.05) is 13.8 Å². The highest BCUT2D eigenvalue weighted by atomic mass is 19.1. The Morgan fingerprint density at radius 1 is 1.47 bits per heavy atom. The second-order valence-electron chi connectivity index (χ2n) is 4.51. The molecule has 1 unspecified atom stereocenters. The molecule has 4 nitrogen and oxygen atoms in total. The number of benzene rings is 1. The molecule has 0 saturated heterocycles. The van der Waals surface area contributed by atoms with Gasteiger partial charge in [-0.15, -0.1) is 0 Å². The molecule has 0 fully saturated rings. The molecule has 0 aliphatic carbocycles. The molecule has 1 aromatic heterocycles. The Labute approximate surface area is 110 Å². The van der Waals surface area contributed by atoms with E-state index in [0.717, 1.165) is 5.56 Å². The van der Waals surface area contributed by atoms with Crippen molar-refractivity contribution in [1.29, 1.82) is 5.26 Å². The third-order valence-corrected chi connectivity index (χ3v) is 2.99. The fourth-order valence-electron chi connectivity index (χ4n) is 1.78. The first-order valence-corrected chi connectivity index (χ1v) is 6.09. The van der Waals surface area contributed by atoms with Crippen LogP contribution in [-0.4, -0.2) is 10.1 Å². The summed E-state index contributed by atoms with van der Waals surface area (Å²) in [5, 5.41) is 12.4. The number of hydrogen-bond acceptors (Lipinski definition) is 4. The summed E-state index contributed by atoms with van der Waals surface area (Å²) in [6, 6.07) is 6.56. The minimum absolute atomic E-state index is 0.0229. The summed E-state index contributed by atoms with van der Waals surface area (Å²) in [6.45, 7) is 3.79. The van der Waals surface area contributed by atoms with Crippen LogP contribution >= 0.6 is 0 Å². The fraction of sp³-hybridized carbons (Fsp3) is 0.357. The smallest absolute Gasteiger partial charge is 0.229 e. The maximum atomic E-state index is 13.2. The maximum absolute atomic E-state index is 13.2.